The van der Waals surface area contributed by atoms with E-state index in [4.69, 9.17) is 16.3 Å². The molecule has 0 unspecified atom stereocenters. The van der Waals surface area contributed by atoms with Gasteiger partial charge < -0.3 is 4.74 Å². The van der Waals surface area contributed by atoms with Crippen molar-refractivity contribution in [3.05, 3.63) is 43.9 Å². The molecule has 1 aromatic carbocycles. The van der Waals surface area contributed by atoms with E-state index >= 15 is 0 Å². The maximum absolute atomic E-state index is 10.7. The van der Waals surface area contributed by atoms with Crippen LogP contribution in [0.15, 0.2) is 18.2 Å². The number of aromatic nitrogens is 2. The molecule has 6 nitrogen and oxygen atoms in total. The molecule has 0 fully saturated rings. The van der Waals surface area contributed by atoms with Crippen LogP contribution >= 0.6 is 23.1 Å². The number of benzene rings is 1. The van der Waals surface area contributed by atoms with Crippen molar-refractivity contribution in [3.8, 4) is 5.75 Å². The van der Waals surface area contributed by atoms with Crippen LogP contribution in [-0.2, 0) is 6.61 Å². The van der Waals surface area contributed by atoms with Gasteiger partial charge in [0, 0.05) is 23.2 Å². The van der Waals surface area contributed by atoms with E-state index in [0.29, 0.717) is 21.3 Å². The smallest absolute Gasteiger partial charge is 0.272 e. The summed E-state index contributed by atoms with van der Waals surface area (Å²) >= 11 is 6.91. The molecule has 0 saturated heterocycles. The predicted octanol–water partition coefficient (Wildman–Crippen LogP) is 2.99. The van der Waals surface area contributed by atoms with Crippen LogP contribution in [0.4, 0.5) is 5.69 Å². The van der Waals surface area contributed by atoms with Crippen LogP contribution in [0.1, 0.15) is 11.3 Å². The third-order valence-electron chi connectivity index (χ3n) is 2.25. The van der Waals surface area contributed by atoms with E-state index in [9.17, 15) is 10.1 Å². The fraction of sp³-hybridized carbons (Fsp3) is 0.200. The van der Waals surface area contributed by atoms with Crippen LogP contribution in [0, 0.1) is 17.0 Å². The Bertz CT molecular complexity index is 587. The maximum atomic E-state index is 10.7. The zero-order chi connectivity index (χ0) is 13.1. The third kappa shape index (κ3) is 2.74. The first kappa shape index (κ1) is 12.7. The molecule has 2 rings (SSSR count). The summed E-state index contributed by atoms with van der Waals surface area (Å²) in [6, 6.07) is 4.55. The van der Waals surface area contributed by atoms with E-state index in [0.717, 1.165) is 11.5 Å². The number of nitrogens with zero attached hydrogens (tertiary/aromatic N) is 3. The van der Waals surface area contributed by atoms with Gasteiger partial charge in [-0.1, -0.05) is 16.1 Å². The predicted molar refractivity (Wildman–Crippen MR) is 67.1 cm³/mol. The molecule has 0 aliphatic heterocycles. The standard InChI is InChI=1S/C10H8ClN3O3S/c1-6-4-7(2-3-9(6)14(15)16)17-5-8-10(11)18-13-12-8/h2-4H,5H2,1H3. The molecule has 0 N–H and O–H groups in total. The van der Waals surface area contributed by atoms with Gasteiger partial charge in [-0.2, -0.15) is 0 Å². The van der Waals surface area contributed by atoms with E-state index in [1.807, 2.05) is 0 Å². The van der Waals surface area contributed by atoms with E-state index < -0.39 is 4.92 Å². The van der Waals surface area contributed by atoms with Gasteiger partial charge in [0.05, 0.1) is 4.92 Å². The van der Waals surface area contributed by atoms with Gasteiger partial charge in [0.15, 0.2) is 0 Å². The van der Waals surface area contributed by atoms with Gasteiger partial charge in [-0.05, 0) is 19.1 Å². The second-order valence-corrected chi connectivity index (χ2v) is 4.84. The van der Waals surface area contributed by atoms with Crippen molar-refractivity contribution < 1.29 is 9.66 Å². The summed E-state index contributed by atoms with van der Waals surface area (Å²) < 4.78 is 9.60. The lowest BCUT2D eigenvalue weighted by Gasteiger charge is -2.05. The molecule has 0 bridgehead atoms. The maximum Gasteiger partial charge on any atom is 0.272 e. The lowest BCUT2D eigenvalue weighted by molar-refractivity contribution is -0.385. The van der Waals surface area contributed by atoms with Crippen molar-refractivity contribution in [3.63, 3.8) is 0 Å². The molecule has 0 aliphatic carbocycles. The van der Waals surface area contributed by atoms with Crippen molar-refractivity contribution in [1.82, 2.24) is 9.59 Å². The Kier molecular flexibility index (Phi) is 3.73. The summed E-state index contributed by atoms with van der Waals surface area (Å²) in [5.41, 5.74) is 1.16. The van der Waals surface area contributed by atoms with E-state index in [-0.39, 0.29) is 12.3 Å². The van der Waals surface area contributed by atoms with Crippen LogP contribution in [0.5, 0.6) is 5.75 Å². The molecule has 2 aromatic rings. The van der Waals surface area contributed by atoms with Gasteiger partial charge in [0.25, 0.3) is 5.69 Å². The van der Waals surface area contributed by atoms with Crippen LogP contribution in [0.2, 0.25) is 4.34 Å². The third-order valence-corrected chi connectivity index (χ3v) is 3.23. The zero-order valence-corrected chi connectivity index (χ0v) is 10.9. The lowest BCUT2D eigenvalue weighted by atomic mass is 10.2. The molecular formula is C10H8ClN3O3S. The Hall–Kier alpha value is -1.73. The summed E-state index contributed by atoms with van der Waals surface area (Å²) in [4.78, 5) is 10.2. The largest absolute Gasteiger partial charge is 0.487 e. The van der Waals surface area contributed by atoms with Crippen LogP contribution in [0.3, 0.4) is 0 Å². The molecule has 0 radical (unpaired) electrons. The highest BCUT2D eigenvalue weighted by atomic mass is 35.5. The lowest BCUT2D eigenvalue weighted by Crippen LogP contribution is -1.98. The fourth-order valence-electron chi connectivity index (χ4n) is 1.36. The highest BCUT2D eigenvalue weighted by Crippen LogP contribution is 2.24. The Morgan fingerprint density at radius 1 is 1.56 bits per heavy atom. The van der Waals surface area contributed by atoms with E-state index in [1.165, 1.54) is 6.07 Å². The minimum absolute atomic E-state index is 0.0655. The Labute approximate surface area is 111 Å². The molecule has 0 spiro atoms. The van der Waals surface area contributed by atoms with Crippen molar-refractivity contribution >= 4 is 28.8 Å². The number of rotatable bonds is 4. The Balaban J connectivity index is 2.09. The fourth-order valence-corrected chi connectivity index (χ4v) is 1.96. The van der Waals surface area contributed by atoms with Gasteiger partial charge in [0.2, 0.25) is 0 Å². The van der Waals surface area contributed by atoms with Crippen molar-refractivity contribution in [2.24, 2.45) is 0 Å². The molecule has 8 heteroatoms. The molecular weight excluding hydrogens is 278 g/mol. The highest BCUT2D eigenvalue weighted by Gasteiger charge is 2.11. The van der Waals surface area contributed by atoms with Crippen LogP contribution < -0.4 is 4.74 Å². The summed E-state index contributed by atoms with van der Waals surface area (Å²) in [7, 11) is 0. The number of nitro benzene ring substituents is 1. The molecule has 0 amide bonds. The monoisotopic (exact) mass is 285 g/mol. The first-order valence-corrected chi connectivity index (χ1v) is 6.07. The summed E-state index contributed by atoms with van der Waals surface area (Å²) in [6.07, 6.45) is 0. The van der Waals surface area contributed by atoms with Gasteiger partial charge in [-0.15, -0.1) is 5.10 Å². The van der Waals surface area contributed by atoms with Crippen LogP contribution in [-0.4, -0.2) is 14.5 Å². The summed E-state index contributed by atoms with van der Waals surface area (Å²) in [5, 5.41) is 14.5. The number of halogens is 1. The molecule has 0 atom stereocenters. The average molecular weight is 286 g/mol. The Morgan fingerprint density at radius 3 is 2.89 bits per heavy atom. The zero-order valence-electron chi connectivity index (χ0n) is 9.29. The quantitative estimate of drug-likeness (QED) is 0.637. The minimum Gasteiger partial charge on any atom is -0.487 e. The first-order chi connectivity index (χ1) is 8.58. The van der Waals surface area contributed by atoms with Crippen molar-refractivity contribution in [1.29, 1.82) is 0 Å². The number of ether oxygens (including phenoxy) is 1. The second-order valence-electron chi connectivity index (χ2n) is 3.49. The van der Waals surface area contributed by atoms with Gasteiger partial charge in [-0.25, -0.2) is 0 Å². The van der Waals surface area contributed by atoms with E-state index in [2.05, 4.69) is 9.59 Å². The topological polar surface area (TPSA) is 78.2 Å². The summed E-state index contributed by atoms with van der Waals surface area (Å²) in [5.74, 6) is 0.530. The van der Waals surface area contributed by atoms with E-state index in [1.54, 1.807) is 19.1 Å². The minimum atomic E-state index is -0.430. The van der Waals surface area contributed by atoms with Gasteiger partial charge in [0.1, 0.15) is 22.4 Å². The summed E-state index contributed by atoms with van der Waals surface area (Å²) in [6.45, 7) is 1.84. The number of aryl methyl sites for hydroxylation is 1. The number of nitro groups is 1. The molecule has 18 heavy (non-hydrogen) atoms. The Morgan fingerprint density at radius 2 is 2.33 bits per heavy atom. The highest BCUT2D eigenvalue weighted by molar-refractivity contribution is 7.10. The van der Waals surface area contributed by atoms with Gasteiger partial charge >= 0.3 is 0 Å². The van der Waals surface area contributed by atoms with Crippen molar-refractivity contribution in [2.45, 2.75) is 13.5 Å². The first-order valence-electron chi connectivity index (χ1n) is 4.92. The molecule has 1 heterocycles. The number of hydrogen-bond donors (Lipinski definition) is 0. The average Bonchev–Trinajstić information content (AvgIpc) is 2.72. The van der Waals surface area contributed by atoms with Crippen LogP contribution in [0.25, 0.3) is 0 Å². The molecule has 0 aliphatic rings. The van der Waals surface area contributed by atoms with Gasteiger partial charge in [-0.3, -0.25) is 10.1 Å². The molecule has 94 valence electrons. The van der Waals surface area contributed by atoms with Crippen molar-refractivity contribution in [2.75, 3.05) is 0 Å². The second kappa shape index (κ2) is 5.28. The molecule has 0 saturated carbocycles. The SMILES string of the molecule is Cc1cc(OCc2nnsc2Cl)ccc1[N+](=O)[O-]. The normalized spacial score (nSPS) is 10.3. The molecule has 1 aromatic heterocycles. The number of hydrogen-bond acceptors (Lipinski definition) is 6.